The van der Waals surface area contributed by atoms with Crippen molar-refractivity contribution in [2.24, 2.45) is 5.73 Å². The van der Waals surface area contributed by atoms with E-state index in [0.717, 1.165) is 40.3 Å². The Morgan fingerprint density at radius 3 is 2.78 bits per heavy atom. The van der Waals surface area contributed by atoms with Gasteiger partial charge in [0.25, 0.3) is 0 Å². The molecular formula is C20H23Cl2N3S2. The Hall–Kier alpha value is -0.850. The van der Waals surface area contributed by atoms with E-state index in [0.29, 0.717) is 11.1 Å². The topological polar surface area (TPSA) is 50.9 Å². The van der Waals surface area contributed by atoms with Crippen molar-refractivity contribution in [2.45, 2.75) is 57.0 Å². The van der Waals surface area contributed by atoms with Crippen LogP contribution in [0.3, 0.4) is 0 Å². The number of anilines is 1. The molecule has 1 aliphatic carbocycles. The van der Waals surface area contributed by atoms with Gasteiger partial charge in [0.05, 0.1) is 15.4 Å². The summed E-state index contributed by atoms with van der Waals surface area (Å²) < 4.78 is 1.07. The molecule has 0 bridgehead atoms. The van der Waals surface area contributed by atoms with E-state index in [9.17, 15) is 0 Å². The molecule has 0 spiro atoms. The molecule has 3 nitrogen and oxygen atoms in total. The molecule has 7 heteroatoms. The summed E-state index contributed by atoms with van der Waals surface area (Å²) in [6.07, 6.45) is 7.14. The van der Waals surface area contributed by atoms with Gasteiger partial charge in [-0.25, -0.2) is 4.98 Å². The van der Waals surface area contributed by atoms with Gasteiger partial charge in [-0.3, -0.25) is 0 Å². The van der Waals surface area contributed by atoms with Gasteiger partial charge in [-0.05, 0) is 24.3 Å². The van der Waals surface area contributed by atoms with Crippen LogP contribution in [-0.4, -0.2) is 11.0 Å². The molecule has 0 radical (unpaired) electrons. The predicted octanol–water partition coefficient (Wildman–Crippen LogP) is 7.04. The van der Waals surface area contributed by atoms with Gasteiger partial charge in [0.2, 0.25) is 0 Å². The molecule has 0 aromatic carbocycles. The lowest BCUT2D eigenvalue weighted by Gasteiger charge is -2.25. The summed E-state index contributed by atoms with van der Waals surface area (Å²) in [7, 11) is 0. The first-order valence-electron chi connectivity index (χ1n) is 9.43. The molecule has 2 atom stereocenters. The molecule has 1 aliphatic rings. The van der Waals surface area contributed by atoms with Crippen molar-refractivity contribution < 1.29 is 0 Å². The van der Waals surface area contributed by atoms with Crippen LogP contribution in [0.4, 0.5) is 5.69 Å². The highest BCUT2D eigenvalue weighted by atomic mass is 35.5. The van der Waals surface area contributed by atoms with Crippen LogP contribution in [0.5, 0.6) is 0 Å². The lowest BCUT2D eigenvalue weighted by atomic mass is 9.86. The third-order valence-electron chi connectivity index (χ3n) is 5.27. The van der Waals surface area contributed by atoms with Crippen molar-refractivity contribution in [3.8, 4) is 0 Å². The number of thiophene rings is 2. The second kappa shape index (κ2) is 8.66. The van der Waals surface area contributed by atoms with E-state index in [2.05, 4.69) is 27.8 Å². The van der Waals surface area contributed by atoms with Crippen LogP contribution in [0.2, 0.25) is 10.2 Å². The Kier molecular flexibility index (Phi) is 6.25. The third-order valence-corrected chi connectivity index (χ3v) is 8.18. The smallest absolute Gasteiger partial charge is 0.131 e. The van der Waals surface area contributed by atoms with Crippen molar-refractivity contribution >= 4 is 61.8 Å². The van der Waals surface area contributed by atoms with Crippen LogP contribution in [0.25, 0.3) is 10.2 Å². The summed E-state index contributed by atoms with van der Waals surface area (Å²) in [6, 6.07) is 6.24. The molecular weight excluding hydrogens is 417 g/mol. The quantitative estimate of drug-likeness (QED) is 0.428. The average Bonchev–Trinajstić information content (AvgIpc) is 3.26. The standard InChI is InChI=1S/C20H23Cl2N3S2/c21-16-10-15(24-11-12-6-5-9-26-12)20-18(25-16)17(22)19(27-20)13-7-3-1-2-4-8-14(13)23/h5-6,9-10,13-14H,1-4,7-8,11,23H2,(H,24,25)/t13-,14+/m0/s1. The number of fused-ring (bicyclic) bond motifs is 1. The number of nitrogens with two attached hydrogens (primary N) is 1. The Morgan fingerprint density at radius 2 is 2.00 bits per heavy atom. The zero-order valence-corrected chi connectivity index (χ0v) is 18.2. The van der Waals surface area contributed by atoms with Gasteiger partial charge in [0, 0.05) is 34.3 Å². The average molecular weight is 440 g/mol. The van der Waals surface area contributed by atoms with Gasteiger partial charge in [-0.2, -0.15) is 0 Å². The van der Waals surface area contributed by atoms with Crippen molar-refractivity contribution in [3.05, 3.63) is 43.5 Å². The molecule has 4 rings (SSSR count). The fraction of sp³-hybridized carbons (Fsp3) is 0.450. The highest BCUT2D eigenvalue weighted by molar-refractivity contribution is 7.20. The molecule has 0 aliphatic heterocycles. The van der Waals surface area contributed by atoms with Gasteiger partial charge < -0.3 is 11.1 Å². The van der Waals surface area contributed by atoms with E-state index in [4.69, 9.17) is 28.9 Å². The van der Waals surface area contributed by atoms with Crippen LogP contribution in [-0.2, 0) is 6.54 Å². The van der Waals surface area contributed by atoms with Crippen LogP contribution >= 0.6 is 45.9 Å². The van der Waals surface area contributed by atoms with Crippen molar-refractivity contribution in [2.75, 3.05) is 5.32 Å². The summed E-state index contributed by atoms with van der Waals surface area (Å²) >= 11 is 16.6. The number of nitrogens with zero attached hydrogens (tertiary/aromatic N) is 1. The first-order valence-corrected chi connectivity index (χ1v) is 11.9. The molecule has 3 aromatic heterocycles. The maximum Gasteiger partial charge on any atom is 0.131 e. The van der Waals surface area contributed by atoms with Crippen LogP contribution in [0.1, 0.15) is 54.2 Å². The first kappa shape index (κ1) is 19.5. The third kappa shape index (κ3) is 4.28. The largest absolute Gasteiger partial charge is 0.379 e. The van der Waals surface area contributed by atoms with E-state index >= 15 is 0 Å². The van der Waals surface area contributed by atoms with E-state index in [1.165, 1.54) is 35.4 Å². The highest BCUT2D eigenvalue weighted by Gasteiger charge is 2.27. The number of hydrogen-bond donors (Lipinski definition) is 2. The second-order valence-electron chi connectivity index (χ2n) is 7.15. The van der Waals surface area contributed by atoms with Crippen molar-refractivity contribution in [1.82, 2.24) is 4.98 Å². The predicted molar refractivity (Wildman–Crippen MR) is 120 cm³/mol. The molecule has 0 saturated heterocycles. The van der Waals surface area contributed by atoms with Crippen LogP contribution in [0.15, 0.2) is 23.6 Å². The molecule has 3 aromatic rings. The zero-order valence-electron chi connectivity index (χ0n) is 15.0. The lowest BCUT2D eigenvalue weighted by Crippen LogP contribution is -2.29. The number of halogens is 2. The van der Waals surface area contributed by atoms with E-state index in [1.807, 2.05) is 6.07 Å². The van der Waals surface area contributed by atoms with Crippen LogP contribution < -0.4 is 11.1 Å². The zero-order chi connectivity index (χ0) is 18.8. The SMILES string of the molecule is N[C@@H]1CCCCCC[C@@H]1c1sc2c(NCc3cccs3)cc(Cl)nc2c1Cl. The Balaban J connectivity index is 1.70. The first-order chi connectivity index (χ1) is 13.1. The molecule has 1 saturated carbocycles. The van der Waals surface area contributed by atoms with Gasteiger partial charge in [-0.15, -0.1) is 22.7 Å². The maximum atomic E-state index is 6.80. The summed E-state index contributed by atoms with van der Waals surface area (Å²) in [6.45, 7) is 0.765. The Bertz CT molecular complexity index is 908. The molecule has 3 heterocycles. The molecule has 144 valence electrons. The fourth-order valence-electron chi connectivity index (χ4n) is 3.83. The normalized spacial score (nSPS) is 21.1. The summed E-state index contributed by atoms with van der Waals surface area (Å²) in [5, 5.41) is 6.80. The minimum absolute atomic E-state index is 0.161. The van der Waals surface area contributed by atoms with Gasteiger partial charge in [0.15, 0.2) is 0 Å². The molecule has 3 N–H and O–H groups in total. The van der Waals surface area contributed by atoms with E-state index in [1.54, 1.807) is 22.7 Å². The van der Waals surface area contributed by atoms with Gasteiger partial charge >= 0.3 is 0 Å². The molecule has 0 unspecified atom stereocenters. The highest BCUT2D eigenvalue weighted by Crippen LogP contribution is 2.45. The van der Waals surface area contributed by atoms with E-state index < -0.39 is 0 Å². The molecule has 0 amide bonds. The van der Waals surface area contributed by atoms with Gasteiger partial charge in [0.1, 0.15) is 10.7 Å². The number of nitrogens with one attached hydrogen (secondary N) is 1. The number of pyridine rings is 1. The second-order valence-corrected chi connectivity index (χ2v) is 10.00. The maximum absolute atomic E-state index is 6.80. The van der Waals surface area contributed by atoms with Crippen molar-refractivity contribution in [1.29, 1.82) is 0 Å². The van der Waals surface area contributed by atoms with E-state index in [-0.39, 0.29) is 6.04 Å². The summed E-state index contributed by atoms with van der Waals surface area (Å²) in [5.74, 6) is 0.306. The summed E-state index contributed by atoms with van der Waals surface area (Å²) in [4.78, 5) is 6.98. The Morgan fingerprint density at radius 1 is 1.19 bits per heavy atom. The molecule has 1 fully saturated rings. The number of aromatic nitrogens is 1. The van der Waals surface area contributed by atoms with Crippen molar-refractivity contribution in [3.63, 3.8) is 0 Å². The monoisotopic (exact) mass is 439 g/mol. The number of hydrogen-bond acceptors (Lipinski definition) is 5. The summed E-state index contributed by atoms with van der Waals surface area (Å²) in [5.41, 5.74) is 8.34. The van der Waals surface area contributed by atoms with Crippen LogP contribution in [0, 0.1) is 0 Å². The minimum Gasteiger partial charge on any atom is -0.379 e. The fourth-order valence-corrected chi connectivity index (χ4v) is 6.45. The number of rotatable bonds is 4. The molecule has 27 heavy (non-hydrogen) atoms. The Labute approximate surface area is 177 Å². The minimum atomic E-state index is 0.161. The lowest BCUT2D eigenvalue weighted by molar-refractivity contribution is 0.408. The van der Waals surface area contributed by atoms with Gasteiger partial charge in [-0.1, -0.05) is 55.0 Å².